The largest absolute Gasteiger partial charge is 0.486 e. The molecule has 0 aromatic heterocycles. The Balaban J connectivity index is 1.84. The molecular formula is C16H17BrN2O2. The van der Waals surface area contributed by atoms with Gasteiger partial charge in [0.05, 0.1) is 11.4 Å². The smallest absolute Gasteiger partial charge is 0.163 e. The Morgan fingerprint density at radius 1 is 1.14 bits per heavy atom. The fraction of sp³-hybridized carbons (Fsp3) is 0.250. The number of hydrogen-bond acceptors (Lipinski definition) is 4. The first-order valence-corrected chi connectivity index (χ1v) is 7.64. The van der Waals surface area contributed by atoms with Crippen LogP contribution >= 0.6 is 15.9 Å². The summed E-state index contributed by atoms with van der Waals surface area (Å²) in [5.74, 6) is 1.44. The van der Waals surface area contributed by atoms with Crippen LogP contribution in [0.25, 0.3) is 0 Å². The number of fused-ring (bicyclic) bond motifs is 1. The monoisotopic (exact) mass is 348 g/mol. The van der Waals surface area contributed by atoms with Crippen molar-refractivity contribution in [3.05, 3.63) is 46.4 Å². The number of ether oxygens (including phenoxy) is 2. The second kappa shape index (κ2) is 5.85. The van der Waals surface area contributed by atoms with Crippen molar-refractivity contribution in [1.29, 1.82) is 0 Å². The molecule has 5 heteroatoms. The first-order valence-electron chi connectivity index (χ1n) is 6.84. The van der Waals surface area contributed by atoms with Crippen LogP contribution in [0, 0.1) is 0 Å². The van der Waals surface area contributed by atoms with E-state index in [1.807, 2.05) is 24.3 Å². The molecule has 0 amide bonds. The third-order valence-electron chi connectivity index (χ3n) is 3.44. The minimum absolute atomic E-state index is 0.132. The molecule has 1 unspecified atom stereocenters. The van der Waals surface area contributed by atoms with E-state index in [4.69, 9.17) is 15.2 Å². The molecule has 0 fully saturated rings. The van der Waals surface area contributed by atoms with E-state index in [2.05, 4.69) is 40.3 Å². The van der Waals surface area contributed by atoms with Crippen molar-refractivity contribution in [3.63, 3.8) is 0 Å². The maximum absolute atomic E-state index is 6.09. The van der Waals surface area contributed by atoms with Crippen LogP contribution < -0.4 is 20.5 Å². The minimum atomic E-state index is 0.132. The summed E-state index contributed by atoms with van der Waals surface area (Å²) in [6.45, 7) is 3.23. The molecule has 1 aliphatic heterocycles. The van der Waals surface area contributed by atoms with Crippen LogP contribution in [0.2, 0.25) is 0 Å². The lowest BCUT2D eigenvalue weighted by atomic mass is 10.1. The van der Waals surface area contributed by atoms with Crippen LogP contribution in [0.3, 0.4) is 0 Å². The van der Waals surface area contributed by atoms with Crippen molar-refractivity contribution in [2.45, 2.75) is 13.0 Å². The molecule has 110 valence electrons. The van der Waals surface area contributed by atoms with Crippen LogP contribution in [0.5, 0.6) is 11.5 Å². The predicted octanol–water partition coefficient (Wildman–Crippen LogP) is 3.98. The van der Waals surface area contributed by atoms with Gasteiger partial charge < -0.3 is 20.5 Å². The molecule has 1 atom stereocenters. The highest BCUT2D eigenvalue weighted by molar-refractivity contribution is 9.10. The first kappa shape index (κ1) is 14.1. The highest BCUT2D eigenvalue weighted by Crippen LogP contribution is 2.38. The van der Waals surface area contributed by atoms with E-state index in [1.165, 1.54) is 5.56 Å². The number of nitrogens with two attached hydrogens (primary N) is 1. The molecule has 0 saturated heterocycles. The third-order valence-corrected chi connectivity index (χ3v) is 3.93. The fourth-order valence-corrected chi connectivity index (χ4v) is 2.74. The Bertz CT molecular complexity index is 661. The summed E-state index contributed by atoms with van der Waals surface area (Å²) < 4.78 is 12.2. The standard InChI is InChI=1S/C16H17BrN2O2/c1-10(11-3-2-4-12(17)7-11)19-14-9-16-15(8-13(14)18)20-5-6-21-16/h2-4,7-10,19H,5-6,18H2,1H3. The van der Waals surface area contributed by atoms with Gasteiger partial charge in [0, 0.05) is 22.6 Å². The van der Waals surface area contributed by atoms with Crippen LogP contribution in [-0.2, 0) is 0 Å². The maximum Gasteiger partial charge on any atom is 0.163 e. The van der Waals surface area contributed by atoms with E-state index in [1.54, 1.807) is 0 Å². The molecular weight excluding hydrogens is 332 g/mol. The summed E-state index contributed by atoms with van der Waals surface area (Å²) in [7, 11) is 0. The number of anilines is 2. The minimum Gasteiger partial charge on any atom is -0.486 e. The zero-order valence-electron chi connectivity index (χ0n) is 11.7. The summed E-state index contributed by atoms with van der Waals surface area (Å²) in [6.07, 6.45) is 0. The van der Waals surface area contributed by atoms with E-state index < -0.39 is 0 Å². The number of rotatable bonds is 3. The number of hydrogen-bond donors (Lipinski definition) is 2. The van der Waals surface area contributed by atoms with Gasteiger partial charge in [-0.25, -0.2) is 0 Å². The Morgan fingerprint density at radius 3 is 2.57 bits per heavy atom. The number of nitrogens with one attached hydrogen (secondary N) is 1. The van der Waals surface area contributed by atoms with Crippen LogP contribution in [0.15, 0.2) is 40.9 Å². The summed E-state index contributed by atoms with van der Waals surface area (Å²) in [5.41, 5.74) is 8.78. The molecule has 4 nitrogen and oxygen atoms in total. The van der Waals surface area contributed by atoms with Gasteiger partial charge in [-0.05, 0) is 24.6 Å². The highest BCUT2D eigenvalue weighted by Gasteiger charge is 2.16. The van der Waals surface area contributed by atoms with Gasteiger partial charge in [0.1, 0.15) is 13.2 Å². The molecule has 2 aromatic carbocycles. The lowest BCUT2D eigenvalue weighted by Gasteiger charge is -2.22. The van der Waals surface area contributed by atoms with Crippen LogP contribution in [0.4, 0.5) is 11.4 Å². The maximum atomic E-state index is 6.09. The van der Waals surface area contributed by atoms with Crippen molar-refractivity contribution in [2.75, 3.05) is 24.3 Å². The topological polar surface area (TPSA) is 56.5 Å². The molecule has 0 spiro atoms. The second-order valence-electron chi connectivity index (χ2n) is 5.00. The molecule has 1 aliphatic rings. The van der Waals surface area contributed by atoms with E-state index in [0.29, 0.717) is 24.7 Å². The van der Waals surface area contributed by atoms with Crippen LogP contribution in [0.1, 0.15) is 18.5 Å². The van der Waals surface area contributed by atoms with Crippen molar-refractivity contribution < 1.29 is 9.47 Å². The predicted molar refractivity (Wildman–Crippen MR) is 88.0 cm³/mol. The number of nitrogen functional groups attached to an aromatic ring is 1. The molecule has 1 heterocycles. The zero-order valence-corrected chi connectivity index (χ0v) is 13.3. The van der Waals surface area contributed by atoms with Gasteiger partial charge in [0.2, 0.25) is 0 Å². The van der Waals surface area contributed by atoms with Gasteiger partial charge in [0.15, 0.2) is 11.5 Å². The number of halogens is 1. The molecule has 0 bridgehead atoms. The van der Waals surface area contributed by atoms with Gasteiger partial charge in [0.25, 0.3) is 0 Å². The molecule has 3 N–H and O–H groups in total. The van der Waals surface area contributed by atoms with Gasteiger partial charge in [-0.3, -0.25) is 0 Å². The zero-order chi connectivity index (χ0) is 14.8. The van der Waals surface area contributed by atoms with Crippen molar-refractivity contribution >= 4 is 27.3 Å². The van der Waals surface area contributed by atoms with Crippen molar-refractivity contribution in [2.24, 2.45) is 0 Å². The molecule has 3 rings (SSSR count). The average Bonchev–Trinajstić information content (AvgIpc) is 2.48. The lowest BCUT2D eigenvalue weighted by Crippen LogP contribution is -2.16. The molecule has 0 aliphatic carbocycles. The van der Waals surface area contributed by atoms with E-state index in [0.717, 1.165) is 15.9 Å². The van der Waals surface area contributed by atoms with Gasteiger partial charge in [-0.2, -0.15) is 0 Å². The first-order chi connectivity index (χ1) is 10.1. The Morgan fingerprint density at radius 2 is 1.86 bits per heavy atom. The Kier molecular flexibility index (Phi) is 3.92. The van der Waals surface area contributed by atoms with Crippen molar-refractivity contribution in [1.82, 2.24) is 0 Å². The summed E-state index contributed by atoms with van der Waals surface area (Å²) >= 11 is 3.49. The Hall–Kier alpha value is -1.88. The highest BCUT2D eigenvalue weighted by atomic mass is 79.9. The quantitative estimate of drug-likeness (QED) is 0.823. The van der Waals surface area contributed by atoms with Crippen molar-refractivity contribution in [3.8, 4) is 11.5 Å². The van der Waals surface area contributed by atoms with E-state index >= 15 is 0 Å². The summed E-state index contributed by atoms with van der Waals surface area (Å²) in [5, 5.41) is 3.42. The molecule has 2 aromatic rings. The van der Waals surface area contributed by atoms with Crippen LogP contribution in [-0.4, -0.2) is 13.2 Å². The number of benzene rings is 2. The Labute approximate surface area is 132 Å². The fourth-order valence-electron chi connectivity index (χ4n) is 2.32. The molecule has 21 heavy (non-hydrogen) atoms. The van der Waals surface area contributed by atoms with Gasteiger partial charge in [-0.1, -0.05) is 28.1 Å². The van der Waals surface area contributed by atoms with E-state index in [9.17, 15) is 0 Å². The third kappa shape index (κ3) is 3.08. The molecule has 0 radical (unpaired) electrons. The van der Waals surface area contributed by atoms with Gasteiger partial charge >= 0.3 is 0 Å². The average molecular weight is 349 g/mol. The SMILES string of the molecule is CC(Nc1cc2c(cc1N)OCCO2)c1cccc(Br)c1. The summed E-state index contributed by atoms with van der Waals surface area (Å²) in [4.78, 5) is 0. The molecule has 0 saturated carbocycles. The second-order valence-corrected chi connectivity index (χ2v) is 5.92. The normalized spacial score (nSPS) is 14.6. The lowest BCUT2D eigenvalue weighted by molar-refractivity contribution is 0.172. The summed E-state index contributed by atoms with van der Waals surface area (Å²) in [6, 6.07) is 12.0. The van der Waals surface area contributed by atoms with Gasteiger partial charge in [-0.15, -0.1) is 0 Å². The van der Waals surface area contributed by atoms with E-state index in [-0.39, 0.29) is 6.04 Å².